The average molecular weight is 287 g/mol. The van der Waals surface area contributed by atoms with Gasteiger partial charge in [-0.15, -0.1) is 0 Å². The smallest absolute Gasteiger partial charge is 0.258 e. The summed E-state index contributed by atoms with van der Waals surface area (Å²) in [6.45, 7) is 1.88. The van der Waals surface area contributed by atoms with E-state index in [2.05, 4.69) is 10.3 Å². The highest BCUT2D eigenvalue weighted by atomic mass is 16.5. The Hall–Kier alpha value is -2.76. The Morgan fingerprint density at radius 2 is 2.05 bits per heavy atom. The van der Waals surface area contributed by atoms with Gasteiger partial charge in [0.2, 0.25) is 0 Å². The van der Waals surface area contributed by atoms with Crippen LogP contribution < -0.4 is 20.5 Å². The minimum Gasteiger partial charge on any atom is -0.497 e. The van der Waals surface area contributed by atoms with Gasteiger partial charge in [-0.1, -0.05) is 0 Å². The highest BCUT2D eigenvalue weighted by molar-refractivity contribution is 6.09. The molecule has 1 heterocycles. The molecule has 0 saturated carbocycles. The van der Waals surface area contributed by atoms with E-state index in [9.17, 15) is 4.79 Å². The molecule has 0 atom stereocenters. The van der Waals surface area contributed by atoms with Crippen LogP contribution in [0.1, 0.15) is 15.9 Å². The average Bonchev–Trinajstić information content (AvgIpc) is 2.49. The summed E-state index contributed by atoms with van der Waals surface area (Å²) in [6.07, 6.45) is 3.24. The first kappa shape index (κ1) is 14.6. The zero-order valence-electron chi connectivity index (χ0n) is 12.1. The lowest BCUT2D eigenvalue weighted by Crippen LogP contribution is -2.15. The first-order valence-electron chi connectivity index (χ1n) is 6.30. The summed E-state index contributed by atoms with van der Waals surface area (Å²) in [6, 6.07) is 5.01. The van der Waals surface area contributed by atoms with Crippen LogP contribution in [0, 0.1) is 6.92 Å². The third-order valence-corrected chi connectivity index (χ3v) is 3.10. The number of hydrogen-bond donors (Lipinski definition) is 2. The number of hydrogen-bond acceptors (Lipinski definition) is 5. The molecule has 0 saturated heterocycles. The minimum absolute atomic E-state index is 0.261. The van der Waals surface area contributed by atoms with Crippen LogP contribution in [0.5, 0.6) is 11.5 Å². The van der Waals surface area contributed by atoms with Crippen LogP contribution in [0.25, 0.3) is 0 Å². The van der Waals surface area contributed by atoms with Gasteiger partial charge in [0.1, 0.15) is 11.5 Å². The topological polar surface area (TPSA) is 86.5 Å². The summed E-state index contributed by atoms with van der Waals surface area (Å²) in [5.41, 5.74) is 8.04. The molecule has 0 aliphatic heterocycles. The summed E-state index contributed by atoms with van der Waals surface area (Å²) >= 11 is 0. The Balaban J connectivity index is 2.37. The molecule has 0 spiro atoms. The molecular formula is C15H17N3O3. The molecule has 110 valence electrons. The van der Waals surface area contributed by atoms with E-state index >= 15 is 0 Å². The van der Waals surface area contributed by atoms with Gasteiger partial charge in [-0.2, -0.15) is 0 Å². The number of aryl methyl sites for hydroxylation is 1. The van der Waals surface area contributed by atoms with E-state index in [0.29, 0.717) is 17.2 Å². The number of aromatic nitrogens is 1. The Kier molecular flexibility index (Phi) is 4.27. The van der Waals surface area contributed by atoms with Gasteiger partial charge in [0.15, 0.2) is 0 Å². The van der Waals surface area contributed by atoms with E-state index in [1.807, 2.05) is 13.0 Å². The van der Waals surface area contributed by atoms with E-state index in [1.54, 1.807) is 24.5 Å². The number of ether oxygens (including phenoxy) is 2. The van der Waals surface area contributed by atoms with Gasteiger partial charge in [0.25, 0.3) is 5.91 Å². The maximum Gasteiger partial charge on any atom is 0.258 e. The second kappa shape index (κ2) is 6.13. The summed E-state index contributed by atoms with van der Waals surface area (Å²) < 4.78 is 10.3. The van der Waals surface area contributed by atoms with Crippen LogP contribution in [0.3, 0.4) is 0 Å². The number of benzene rings is 1. The highest BCUT2D eigenvalue weighted by Crippen LogP contribution is 2.31. The van der Waals surface area contributed by atoms with Crippen LogP contribution in [0.4, 0.5) is 11.4 Å². The van der Waals surface area contributed by atoms with Crippen molar-refractivity contribution >= 4 is 17.3 Å². The minimum atomic E-state index is -0.346. The predicted molar refractivity (Wildman–Crippen MR) is 80.9 cm³/mol. The quantitative estimate of drug-likeness (QED) is 0.842. The first-order valence-corrected chi connectivity index (χ1v) is 6.30. The Labute approximate surface area is 122 Å². The SMILES string of the molecule is COc1cc(OC)c(N)c(C(=O)Nc2cnccc2C)c1. The van der Waals surface area contributed by atoms with E-state index in [0.717, 1.165) is 5.56 Å². The second-order valence-corrected chi connectivity index (χ2v) is 4.44. The van der Waals surface area contributed by atoms with Gasteiger partial charge in [-0.3, -0.25) is 9.78 Å². The number of carbonyl (C=O) groups is 1. The largest absolute Gasteiger partial charge is 0.497 e. The van der Waals surface area contributed by atoms with Crippen LogP contribution in [-0.2, 0) is 0 Å². The number of nitrogens with one attached hydrogen (secondary N) is 1. The monoisotopic (exact) mass is 287 g/mol. The molecule has 1 aromatic heterocycles. The van der Waals surface area contributed by atoms with Crippen molar-refractivity contribution in [3.63, 3.8) is 0 Å². The van der Waals surface area contributed by atoms with Crippen molar-refractivity contribution in [1.82, 2.24) is 4.98 Å². The zero-order valence-corrected chi connectivity index (χ0v) is 12.1. The fraction of sp³-hybridized carbons (Fsp3) is 0.200. The number of nitrogens with zero attached hydrogens (tertiary/aromatic N) is 1. The van der Waals surface area contributed by atoms with E-state index in [4.69, 9.17) is 15.2 Å². The maximum absolute atomic E-state index is 12.4. The molecule has 6 heteroatoms. The summed E-state index contributed by atoms with van der Waals surface area (Å²) in [4.78, 5) is 16.4. The Morgan fingerprint density at radius 3 is 2.67 bits per heavy atom. The molecule has 1 amide bonds. The molecule has 6 nitrogen and oxygen atoms in total. The van der Waals surface area contributed by atoms with Gasteiger partial charge in [0, 0.05) is 12.3 Å². The molecule has 0 unspecified atom stereocenters. The fourth-order valence-electron chi connectivity index (χ4n) is 1.86. The van der Waals surface area contributed by atoms with Gasteiger partial charge >= 0.3 is 0 Å². The maximum atomic E-state index is 12.4. The molecule has 21 heavy (non-hydrogen) atoms. The molecule has 2 aromatic rings. The van der Waals surface area contributed by atoms with E-state index < -0.39 is 0 Å². The van der Waals surface area contributed by atoms with Crippen LogP contribution >= 0.6 is 0 Å². The molecule has 0 bridgehead atoms. The van der Waals surface area contributed by atoms with Crippen molar-refractivity contribution < 1.29 is 14.3 Å². The fourth-order valence-corrected chi connectivity index (χ4v) is 1.86. The number of anilines is 2. The van der Waals surface area contributed by atoms with Crippen molar-refractivity contribution in [3.05, 3.63) is 41.7 Å². The standard InChI is InChI=1S/C15H17N3O3/c1-9-4-5-17-8-12(9)18-15(19)11-6-10(20-2)7-13(21-3)14(11)16/h4-8H,16H2,1-3H3,(H,18,19). The van der Waals surface area contributed by atoms with Gasteiger partial charge in [-0.25, -0.2) is 0 Å². The summed E-state index contributed by atoms with van der Waals surface area (Å²) in [5.74, 6) is 0.539. The van der Waals surface area contributed by atoms with E-state index in [1.165, 1.54) is 14.2 Å². The molecule has 0 fully saturated rings. The molecule has 0 aliphatic carbocycles. The number of methoxy groups -OCH3 is 2. The highest BCUT2D eigenvalue weighted by Gasteiger charge is 2.16. The van der Waals surface area contributed by atoms with Crippen molar-refractivity contribution in [2.45, 2.75) is 6.92 Å². The number of carbonyl (C=O) groups excluding carboxylic acids is 1. The zero-order chi connectivity index (χ0) is 15.4. The predicted octanol–water partition coefficient (Wildman–Crippen LogP) is 2.24. The lowest BCUT2D eigenvalue weighted by Gasteiger charge is -2.13. The number of nitrogens with two attached hydrogens (primary N) is 1. The second-order valence-electron chi connectivity index (χ2n) is 4.44. The summed E-state index contributed by atoms with van der Waals surface area (Å²) in [7, 11) is 3.00. The van der Waals surface area contributed by atoms with Crippen LogP contribution in [0.15, 0.2) is 30.6 Å². The lowest BCUT2D eigenvalue weighted by atomic mass is 10.1. The normalized spacial score (nSPS) is 10.0. The molecule has 2 rings (SSSR count). The number of amides is 1. The number of rotatable bonds is 4. The Morgan fingerprint density at radius 1 is 1.29 bits per heavy atom. The molecule has 0 aliphatic rings. The molecular weight excluding hydrogens is 270 g/mol. The lowest BCUT2D eigenvalue weighted by molar-refractivity contribution is 0.102. The summed E-state index contributed by atoms with van der Waals surface area (Å²) in [5, 5.41) is 2.78. The van der Waals surface area contributed by atoms with Gasteiger partial charge < -0.3 is 20.5 Å². The van der Waals surface area contributed by atoms with E-state index in [-0.39, 0.29) is 17.2 Å². The van der Waals surface area contributed by atoms with Crippen molar-refractivity contribution in [2.24, 2.45) is 0 Å². The molecule has 0 radical (unpaired) electrons. The molecule has 3 N–H and O–H groups in total. The van der Waals surface area contributed by atoms with Crippen molar-refractivity contribution in [2.75, 3.05) is 25.3 Å². The van der Waals surface area contributed by atoms with Crippen LogP contribution in [0.2, 0.25) is 0 Å². The first-order chi connectivity index (χ1) is 10.1. The number of nitrogen functional groups attached to an aromatic ring is 1. The van der Waals surface area contributed by atoms with Gasteiger partial charge in [-0.05, 0) is 24.6 Å². The third-order valence-electron chi connectivity index (χ3n) is 3.10. The number of pyridine rings is 1. The molecule has 1 aromatic carbocycles. The van der Waals surface area contributed by atoms with Crippen molar-refractivity contribution in [1.29, 1.82) is 0 Å². The van der Waals surface area contributed by atoms with Gasteiger partial charge in [0.05, 0.1) is 37.4 Å². The third kappa shape index (κ3) is 3.05. The van der Waals surface area contributed by atoms with Crippen LogP contribution in [-0.4, -0.2) is 25.1 Å². The van der Waals surface area contributed by atoms with Crippen molar-refractivity contribution in [3.8, 4) is 11.5 Å². The Bertz CT molecular complexity index is 671.